The van der Waals surface area contributed by atoms with Gasteiger partial charge in [-0.25, -0.2) is 0 Å². The van der Waals surface area contributed by atoms with E-state index in [4.69, 9.17) is 10.2 Å². The monoisotopic (exact) mass is 455 g/mol. The minimum Gasteiger partial charge on any atom is -0.423 e. The smallest absolute Gasteiger partial charge is 0.298 e. The number of benzene rings is 1. The number of piperidine rings is 2. The molecule has 3 saturated heterocycles. The molecule has 9 heteroatoms. The van der Waals surface area contributed by atoms with E-state index in [1.807, 2.05) is 6.07 Å². The van der Waals surface area contributed by atoms with Crippen LogP contribution >= 0.6 is 24.8 Å². The summed E-state index contributed by atoms with van der Waals surface area (Å²) in [6.07, 6.45) is 6.71. The molecule has 7 nitrogen and oxygen atoms in total. The van der Waals surface area contributed by atoms with Gasteiger partial charge in [-0.1, -0.05) is 12.5 Å². The molecule has 3 aliphatic rings. The number of primary amides is 1. The number of anilines is 1. The lowest BCUT2D eigenvalue weighted by atomic mass is 9.81. The Morgan fingerprint density at radius 1 is 1.07 bits per heavy atom. The van der Waals surface area contributed by atoms with Crippen molar-refractivity contribution in [2.75, 3.05) is 38.1 Å². The Balaban J connectivity index is 0.00000128. The number of aromatic nitrogens is 1. The topological polar surface area (TPSA) is 78.8 Å². The van der Waals surface area contributed by atoms with Crippen LogP contribution in [0.2, 0.25) is 0 Å². The summed E-state index contributed by atoms with van der Waals surface area (Å²) < 4.78 is 5.94. The number of fused-ring (bicyclic) bond motifs is 3. The summed E-state index contributed by atoms with van der Waals surface area (Å²) in [5, 5.41) is 0. The first-order valence-corrected chi connectivity index (χ1v) is 10.5. The highest BCUT2D eigenvalue weighted by molar-refractivity contribution is 6.03. The summed E-state index contributed by atoms with van der Waals surface area (Å²) in [7, 11) is 2.32. The molecule has 30 heavy (non-hydrogen) atoms. The molecule has 0 saturated carbocycles. The molecule has 1 aromatic heterocycles. The molecule has 2 N–H and O–H groups in total. The van der Waals surface area contributed by atoms with Gasteiger partial charge in [0.1, 0.15) is 5.52 Å². The maximum Gasteiger partial charge on any atom is 0.298 e. The number of hydrogen-bond acceptors (Lipinski definition) is 6. The SMILES string of the molecule is CN1C2CCCC1CC(N1CCN(c3nc4c(C(N)=O)cccc4o3)CC1)C2.Cl.Cl. The van der Waals surface area contributed by atoms with Gasteiger partial charge in [0.05, 0.1) is 5.56 Å². The van der Waals surface area contributed by atoms with Crippen LogP contribution < -0.4 is 10.6 Å². The number of piperazine rings is 1. The minimum absolute atomic E-state index is 0. The average Bonchev–Trinajstić information content (AvgIpc) is 3.12. The van der Waals surface area contributed by atoms with E-state index in [0.29, 0.717) is 28.7 Å². The average molecular weight is 456 g/mol. The van der Waals surface area contributed by atoms with Crippen LogP contribution in [0.1, 0.15) is 42.5 Å². The lowest BCUT2D eigenvalue weighted by Crippen LogP contribution is -2.58. The highest BCUT2D eigenvalue weighted by Gasteiger charge is 2.39. The van der Waals surface area contributed by atoms with Crippen LogP contribution in [-0.4, -0.2) is 72.0 Å². The standard InChI is InChI=1S/C21H29N5O2.2ClH/c1-24-14-4-2-5-15(24)13-16(12-14)25-8-10-26(11-9-25)21-23-19-17(20(22)27)6-3-7-18(19)28-21;;/h3,6-7,14-16H,2,4-5,8-13H2,1H3,(H2,22,27);2*1H. The molecule has 3 aliphatic heterocycles. The summed E-state index contributed by atoms with van der Waals surface area (Å²) in [6.45, 7) is 3.88. The van der Waals surface area contributed by atoms with E-state index < -0.39 is 5.91 Å². The van der Waals surface area contributed by atoms with Crippen LogP contribution in [0.3, 0.4) is 0 Å². The van der Waals surface area contributed by atoms with Crippen molar-refractivity contribution in [2.45, 2.75) is 50.2 Å². The van der Waals surface area contributed by atoms with Gasteiger partial charge >= 0.3 is 0 Å². The summed E-state index contributed by atoms with van der Waals surface area (Å²) in [4.78, 5) is 23.7. The Morgan fingerprint density at radius 3 is 2.37 bits per heavy atom. The predicted octanol–water partition coefficient (Wildman–Crippen LogP) is 2.91. The number of para-hydroxylation sites is 1. The third-order valence-electron chi connectivity index (χ3n) is 7.09. The molecule has 2 bridgehead atoms. The van der Waals surface area contributed by atoms with E-state index in [0.717, 1.165) is 38.3 Å². The lowest BCUT2D eigenvalue weighted by Gasteiger charge is -2.51. The van der Waals surface area contributed by atoms with Crippen molar-refractivity contribution < 1.29 is 9.21 Å². The number of rotatable bonds is 3. The summed E-state index contributed by atoms with van der Waals surface area (Å²) in [5.41, 5.74) is 7.08. The Morgan fingerprint density at radius 2 is 1.73 bits per heavy atom. The molecule has 0 spiro atoms. The van der Waals surface area contributed by atoms with Gasteiger partial charge in [0.15, 0.2) is 5.58 Å². The van der Waals surface area contributed by atoms with Gasteiger partial charge in [0.25, 0.3) is 11.9 Å². The number of oxazole rings is 1. The molecule has 4 heterocycles. The third kappa shape index (κ3) is 4.13. The second-order valence-electron chi connectivity index (χ2n) is 8.57. The quantitative estimate of drug-likeness (QED) is 0.766. The van der Waals surface area contributed by atoms with Crippen molar-refractivity contribution in [3.05, 3.63) is 23.8 Å². The van der Waals surface area contributed by atoms with Gasteiger partial charge in [-0.3, -0.25) is 9.69 Å². The van der Waals surface area contributed by atoms with Gasteiger partial charge in [0, 0.05) is 44.3 Å². The van der Waals surface area contributed by atoms with E-state index in [1.165, 1.54) is 32.1 Å². The Labute approximate surface area is 189 Å². The number of halogens is 2. The first-order valence-electron chi connectivity index (χ1n) is 10.5. The molecule has 2 atom stereocenters. The number of nitrogens with zero attached hydrogens (tertiary/aromatic N) is 4. The normalized spacial score (nSPS) is 27.4. The van der Waals surface area contributed by atoms with Crippen molar-refractivity contribution in [3.63, 3.8) is 0 Å². The van der Waals surface area contributed by atoms with Gasteiger partial charge in [-0.05, 0) is 44.9 Å². The zero-order valence-corrected chi connectivity index (χ0v) is 19.0. The largest absolute Gasteiger partial charge is 0.423 e. The molecule has 1 amide bonds. The maximum atomic E-state index is 11.6. The predicted molar refractivity (Wildman–Crippen MR) is 123 cm³/mol. The summed E-state index contributed by atoms with van der Waals surface area (Å²) in [6, 6.07) is 8.16. The zero-order chi connectivity index (χ0) is 19.3. The number of amides is 1. The molecule has 166 valence electrons. The molecule has 3 fully saturated rings. The number of carbonyl (C=O) groups excluding carboxylic acids is 1. The van der Waals surface area contributed by atoms with Crippen LogP contribution in [0, 0.1) is 0 Å². The number of hydrogen-bond donors (Lipinski definition) is 1. The molecule has 2 aromatic rings. The highest BCUT2D eigenvalue weighted by atomic mass is 35.5. The molecule has 0 aliphatic carbocycles. The summed E-state index contributed by atoms with van der Waals surface area (Å²) >= 11 is 0. The number of nitrogens with two attached hydrogens (primary N) is 1. The second-order valence-corrected chi connectivity index (χ2v) is 8.57. The van der Waals surface area contributed by atoms with Crippen molar-refractivity contribution in [3.8, 4) is 0 Å². The van der Waals surface area contributed by atoms with E-state index in [-0.39, 0.29) is 24.8 Å². The van der Waals surface area contributed by atoms with Crippen LogP contribution in [0.15, 0.2) is 22.6 Å². The van der Waals surface area contributed by atoms with Crippen molar-refractivity contribution in [2.24, 2.45) is 5.73 Å². The Hall–Kier alpha value is -1.54. The Bertz CT molecular complexity index is 869. The molecule has 0 radical (unpaired) electrons. The first kappa shape index (κ1) is 23.1. The fourth-order valence-electron chi connectivity index (χ4n) is 5.43. The van der Waals surface area contributed by atoms with Gasteiger partial charge < -0.3 is 20.0 Å². The Kier molecular flexibility index (Phi) is 7.17. The fourth-order valence-corrected chi connectivity index (χ4v) is 5.43. The molecule has 1 aromatic carbocycles. The van der Waals surface area contributed by atoms with Crippen LogP contribution in [0.5, 0.6) is 0 Å². The van der Waals surface area contributed by atoms with E-state index in [2.05, 4.69) is 26.7 Å². The molecular weight excluding hydrogens is 425 g/mol. The molecule has 5 rings (SSSR count). The van der Waals surface area contributed by atoms with Crippen LogP contribution in [0.4, 0.5) is 6.01 Å². The van der Waals surface area contributed by atoms with Crippen LogP contribution in [0.25, 0.3) is 11.1 Å². The molecule has 2 unspecified atom stereocenters. The first-order chi connectivity index (χ1) is 13.6. The fraction of sp³-hybridized carbons (Fsp3) is 0.619. The van der Waals surface area contributed by atoms with Gasteiger partial charge in [-0.2, -0.15) is 4.98 Å². The third-order valence-corrected chi connectivity index (χ3v) is 7.09. The maximum absolute atomic E-state index is 11.6. The van der Waals surface area contributed by atoms with Gasteiger partial charge in [0.2, 0.25) is 0 Å². The van der Waals surface area contributed by atoms with Gasteiger partial charge in [-0.15, -0.1) is 24.8 Å². The van der Waals surface area contributed by atoms with E-state index in [9.17, 15) is 4.79 Å². The van der Waals surface area contributed by atoms with E-state index in [1.54, 1.807) is 12.1 Å². The van der Waals surface area contributed by atoms with Crippen molar-refractivity contribution in [1.82, 2.24) is 14.8 Å². The van der Waals surface area contributed by atoms with E-state index >= 15 is 0 Å². The summed E-state index contributed by atoms with van der Waals surface area (Å²) in [5.74, 6) is -0.469. The zero-order valence-electron chi connectivity index (χ0n) is 17.3. The molecular formula is C21H31Cl2N5O2. The van der Waals surface area contributed by atoms with Crippen molar-refractivity contribution in [1.29, 1.82) is 0 Å². The van der Waals surface area contributed by atoms with Crippen molar-refractivity contribution >= 4 is 47.8 Å². The number of carbonyl (C=O) groups is 1. The lowest BCUT2D eigenvalue weighted by molar-refractivity contribution is 0.00717. The highest BCUT2D eigenvalue weighted by Crippen LogP contribution is 2.35. The van der Waals surface area contributed by atoms with Crippen LogP contribution in [-0.2, 0) is 0 Å². The second kappa shape index (κ2) is 9.30. The minimum atomic E-state index is -0.469.